The lowest BCUT2D eigenvalue weighted by molar-refractivity contribution is 0.101. The summed E-state index contributed by atoms with van der Waals surface area (Å²) in [4.78, 5) is 22.4. The van der Waals surface area contributed by atoms with E-state index in [-0.39, 0.29) is 18.6 Å². The van der Waals surface area contributed by atoms with Gasteiger partial charge in [0.15, 0.2) is 0 Å². The summed E-state index contributed by atoms with van der Waals surface area (Å²) in [6, 6.07) is -0.137. The first-order chi connectivity index (χ1) is 7.06. The molecule has 1 aliphatic rings. The van der Waals surface area contributed by atoms with Crippen molar-refractivity contribution in [2.75, 3.05) is 13.2 Å². The van der Waals surface area contributed by atoms with E-state index in [1.165, 1.54) is 5.01 Å². The molecule has 0 aromatic heterocycles. The fourth-order valence-corrected chi connectivity index (χ4v) is 1.32. The van der Waals surface area contributed by atoms with Gasteiger partial charge < -0.3 is 9.47 Å². The number of nitrogens with zero attached hydrogens (tertiary/aromatic N) is 1. The summed E-state index contributed by atoms with van der Waals surface area (Å²) in [5.74, 6) is 0.207. The van der Waals surface area contributed by atoms with Gasteiger partial charge in [-0.2, -0.15) is 0 Å². The highest BCUT2D eigenvalue weighted by Crippen LogP contribution is 2.16. The minimum absolute atomic E-state index is 0.137. The van der Waals surface area contributed by atoms with E-state index < -0.39 is 12.2 Å². The van der Waals surface area contributed by atoms with E-state index >= 15 is 0 Å². The van der Waals surface area contributed by atoms with Crippen LogP contribution in [0.15, 0.2) is 0 Å². The zero-order valence-corrected chi connectivity index (χ0v) is 9.15. The third kappa shape index (κ3) is 2.74. The van der Waals surface area contributed by atoms with Gasteiger partial charge in [-0.05, 0) is 12.8 Å². The predicted octanol–water partition coefficient (Wildman–Crippen LogP) is 1.12. The van der Waals surface area contributed by atoms with E-state index in [0.29, 0.717) is 6.61 Å². The van der Waals surface area contributed by atoms with Gasteiger partial charge in [-0.3, -0.25) is 0 Å². The molecule has 6 nitrogen and oxygen atoms in total. The van der Waals surface area contributed by atoms with Gasteiger partial charge in [-0.25, -0.2) is 20.0 Å². The Morgan fingerprint density at radius 2 is 2.40 bits per heavy atom. The molecule has 0 aliphatic carbocycles. The molecule has 0 unspecified atom stereocenters. The Morgan fingerprint density at radius 3 is 2.93 bits per heavy atom. The van der Waals surface area contributed by atoms with Crippen LogP contribution < -0.4 is 5.43 Å². The molecule has 1 atom stereocenters. The van der Waals surface area contributed by atoms with E-state index in [1.807, 2.05) is 13.8 Å². The SMILES string of the molecule is CCOC(=O)NN1C(=O)OC[C@H]1C(C)C. The van der Waals surface area contributed by atoms with Crippen molar-refractivity contribution >= 4 is 12.2 Å². The number of hydrazine groups is 1. The van der Waals surface area contributed by atoms with Crippen LogP contribution in [-0.4, -0.2) is 36.5 Å². The third-order valence-corrected chi connectivity index (χ3v) is 2.16. The Bertz CT molecular complexity index is 254. The number of rotatable bonds is 3. The minimum Gasteiger partial charge on any atom is -0.449 e. The number of hydrogen-bond acceptors (Lipinski definition) is 4. The van der Waals surface area contributed by atoms with Crippen LogP contribution >= 0.6 is 0 Å². The Balaban J connectivity index is 2.56. The largest absolute Gasteiger partial charge is 0.449 e. The predicted molar refractivity (Wildman–Crippen MR) is 52.0 cm³/mol. The maximum Gasteiger partial charge on any atom is 0.429 e. The van der Waals surface area contributed by atoms with E-state index in [2.05, 4.69) is 10.2 Å². The molecular weight excluding hydrogens is 200 g/mol. The summed E-state index contributed by atoms with van der Waals surface area (Å²) in [7, 11) is 0. The topological polar surface area (TPSA) is 67.9 Å². The molecule has 0 aromatic carbocycles. The van der Waals surface area contributed by atoms with Crippen molar-refractivity contribution in [1.82, 2.24) is 10.4 Å². The van der Waals surface area contributed by atoms with Gasteiger partial charge in [-0.1, -0.05) is 13.8 Å². The minimum atomic E-state index is -0.637. The first-order valence-corrected chi connectivity index (χ1v) is 4.95. The van der Waals surface area contributed by atoms with Crippen LogP contribution in [0.1, 0.15) is 20.8 Å². The number of hydrogen-bond donors (Lipinski definition) is 1. The average Bonchev–Trinajstić information content (AvgIpc) is 2.48. The molecule has 1 N–H and O–H groups in total. The number of carbonyl (C=O) groups is 2. The van der Waals surface area contributed by atoms with Crippen molar-refractivity contribution in [3.63, 3.8) is 0 Å². The van der Waals surface area contributed by atoms with E-state index in [9.17, 15) is 9.59 Å². The van der Waals surface area contributed by atoms with E-state index in [0.717, 1.165) is 0 Å². The molecule has 0 spiro atoms. The third-order valence-electron chi connectivity index (χ3n) is 2.16. The second-order valence-electron chi connectivity index (χ2n) is 3.59. The number of carbonyl (C=O) groups excluding carboxylic acids is 2. The second-order valence-corrected chi connectivity index (χ2v) is 3.59. The highest BCUT2D eigenvalue weighted by Gasteiger charge is 2.36. The zero-order valence-electron chi connectivity index (χ0n) is 9.15. The molecule has 86 valence electrons. The summed E-state index contributed by atoms with van der Waals surface area (Å²) in [5, 5.41) is 1.18. The maximum absolute atomic E-state index is 11.3. The lowest BCUT2D eigenvalue weighted by atomic mass is 10.1. The lowest BCUT2D eigenvalue weighted by Gasteiger charge is -2.23. The van der Waals surface area contributed by atoms with Gasteiger partial charge in [0.2, 0.25) is 0 Å². The van der Waals surface area contributed by atoms with Crippen molar-refractivity contribution < 1.29 is 19.1 Å². The Hall–Kier alpha value is -1.46. The number of nitrogens with one attached hydrogen (secondary N) is 1. The van der Waals surface area contributed by atoms with Crippen molar-refractivity contribution in [3.05, 3.63) is 0 Å². The van der Waals surface area contributed by atoms with Crippen LogP contribution in [0.3, 0.4) is 0 Å². The smallest absolute Gasteiger partial charge is 0.429 e. The van der Waals surface area contributed by atoms with Crippen molar-refractivity contribution in [2.24, 2.45) is 5.92 Å². The monoisotopic (exact) mass is 216 g/mol. The van der Waals surface area contributed by atoms with Gasteiger partial charge >= 0.3 is 12.2 Å². The quantitative estimate of drug-likeness (QED) is 0.767. The van der Waals surface area contributed by atoms with Gasteiger partial charge in [-0.15, -0.1) is 0 Å². The molecule has 0 aromatic rings. The summed E-state index contributed by atoms with van der Waals surface area (Å²) in [6.07, 6.45) is -1.18. The van der Waals surface area contributed by atoms with Crippen LogP contribution in [0.5, 0.6) is 0 Å². The first kappa shape index (κ1) is 11.6. The fraction of sp³-hybridized carbons (Fsp3) is 0.778. The van der Waals surface area contributed by atoms with Crippen molar-refractivity contribution in [1.29, 1.82) is 0 Å². The normalized spacial score (nSPS) is 20.4. The first-order valence-electron chi connectivity index (χ1n) is 4.95. The zero-order chi connectivity index (χ0) is 11.4. The summed E-state index contributed by atoms with van der Waals surface area (Å²) in [6.45, 7) is 6.16. The van der Waals surface area contributed by atoms with Crippen molar-refractivity contribution in [3.8, 4) is 0 Å². The number of cyclic esters (lactones) is 1. The molecule has 15 heavy (non-hydrogen) atoms. The van der Waals surface area contributed by atoms with Crippen LogP contribution in [-0.2, 0) is 9.47 Å². The van der Waals surface area contributed by atoms with Gasteiger partial charge in [0.1, 0.15) is 6.61 Å². The Morgan fingerprint density at radius 1 is 1.73 bits per heavy atom. The van der Waals surface area contributed by atoms with Gasteiger partial charge in [0.25, 0.3) is 0 Å². The lowest BCUT2D eigenvalue weighted by Crippen LogP contribution is -2.49. The molecule has 1 saturated heterocycles. The maximum atomic E-state index is 11.3. The van der Waals surface area contributed by atoms with Gasteiger partial charge in [0.05, 0.1) is 12.6 Å². The molecule has 2 amide bonds. The van der Waals surface area contributed by atoms with Gasteiger partial charge in [0, 0.05) is 0 Å². The summed E-state index contributed by atoms with van der Waals surface area (Å²) >= 11 is 0. The highest BCUT2D eigenvalue weighted by atomic mass is 16.6. The van der Waals surface area contributed by atoms with Crippen LogP contribution in [0, 0.1) is 5.92 Å². The van der Waals surface area contributed by atoms with Crippen molar-refractivity contribution in [2.45, 2.75) is 26.8 Å². The molecule has 1 rings (SSSR count). The van der Waals surface area contributed by atoms with E-state index in [1.54, 1.807) is 6.92 Å². The van der Waals surface area contributed by atoms with Crippen LogP contribution in [0.4, 0.5) is 9.59 Å². The highest BCUT2D eigenvalue weighted by molar-refractivity contribution is 5.75. The molecule has 0 saturated carbocycles. The average molecular weight is 216 g/mol. The molecule has 6 heteroatoms. The summed E-state index contributed by atoms with van der Waals surface area (Å²) < 4.78 is 9.52. The molecule has 0 bridgehead atoms. The number of amides is 2. The number of ether oxygens (including phenoxy) is 2. The fourth-order valence-electron chi connectivity index (χ4n) is 1.32. The molecule has 1 fully saturated rings. The summed E-state index contributed by atoms with van der Waals surface area (Å²) in [5.41, 5.74) is 2.36. The second kappa shape index (κ2) is 4.86. The van der Waals surface area contributed by atoms with E-state index in [4.69, 9.17) is 4.74 Å². The molecule has 1 aliphatic heterocycles. The molecule has 0 radical (unpaired) electrons. The standard InChI is InChI=1S/C9H16N2O4/c1-4-14-8(12)10-11-7(6(2)3)5-15-9(11)13/h6-7H,4-5H2,1-3H3,(H,10,12)/t7-/m0/s1. The Labute approximate surface area is 88.5 Å². The Kier molecular flexibility index (Phi) is 3.76. The van der Waals surface area contributed by atoms with Crippen LogP contribution in [0.25, 0.3) is 0 Å². The van der Waals surface area contributed by atoms with Crippen LogP contribution in [0.2, 0.25) is 0 Å². The molecular formula is C9H16N2O4. The molecule has 1 heterocycles.